The van der Waals surface area contributed by atoms with Crippen LogP contribution in [0.2, 0.25) is 0 Å². The Morgan fingerprint density at radius 1 is 1.18 bits per heavy atom. The highest BCUT2D eigenvalue weighted by Crippen LogP contribution is 2.24. The summed E-state index contributed by atoms with van der Waals surface area (Å²) in [5.74, 6) is 0.387. The molecule has 1 aliphatic carbocycles. The van der Waals surface area contributed by atoms with Crippen molar-refractivity contribution >= 4 is 22.0 Å². The minimum Gasteiger partial charge on any atom is -0.340 e. The van der Waals surface area contributed by atoms with Gasteiger partial charge in [0.05, 0.1) is 4.90 Å². The highest BCUT2D eigenvalue weighted by atomic mass is 32.2. The van der Waals surface area contributed by atoms with E-state index in [0.717, 1.165) is 18.4 Å². The van der Waals surface area contributed by atoms with Gasteiger partial charge in [-0.25, -0.2) is 13.1 Å². The first-order valence-corrected chi connectivity index (χ1v) is 12.1. The van der Waals surface area contributed by atoms with E-state index in [1.165, 1.54) is 18.2 Å². The van der Waals surface area contributed by atoms with Crippen LogP contribution in [0.4, 0.5) is 0 Å². The van der Waals surface area contributed by atoms with Gasteiger partial charge in [0, 0.05) is 30.1 Å². The molecule has 2 N–H and O–H groups in total. The summed E-state index contributed by atoms with van der Waals surface area (Å²) in [5, 5.41) is 6.88. The van der Waals surface area contributed by atoms with E-state index >= 15 is 0 Å². The predicted octanol–water partition coefficient (Wildman–Crippen LogP) is 3.10. The molecule has 1 atom stereocenters. The second-order valence-corrected chi connectivity index (χ2v) is 9.94. The fourth-order valence-electron chi connectivity index (χ4n) is 3.11. The number of carbonyl (C=O) groups is 1. The Bertz CT molecular complexity index is 1230. The number of nitrogens with one attached hydrogen (secondary N) is 2. The number of carbonyl (C=O) groups excluding carboxylic acids is 1. The molecule has 0 saturated heterocycles. The summed E-state index contributed by atoms with van der Waals surface area (Å²) in [6, 6.07) is 9.55. The average molecular weight is 468 g/mol. The molecular formula is C23H25N5O4S. The van der Waals surface area contributed by atoms with Crippen LogP contribution in [-0.4, -0.2) is 35.5 Å². The minimum absolute atomic E-state index is 0.00741. The molecule has 1 fully saturated rings. The smallest absolute Gasteiger partial charge is 0.249 e. The summed E-state index contributed by atoms with van der Waals surface area (Å²) in [6.07, 6.45) is 8.05. The minimum atomic E-state index is -3.50. The summed E-state index contributed by atoms with van der Waals surface area (Å²) in [6.45, 7) is 3.88. The summed E-state index contributed by atoms with van der Waals surface area (Å²) in [7, 11) is -3.50. The lowest BCUT2D eigenvalue weighted by atomic mass is 10.0. The quantitative estimate of drug-likeness (QED) is 0.463. The largest absolute Gasteiger partial charge is 0.340 e. The van der Waals surface area contributed by atoms with E-state index in [2.05, 4.69) is 25.2 Å². The Morgan fingerprint density at radius 2 is 1.94 bits per heavy atom. The van der Waals surface area contributed by atoms with Crippen molar-refractivity contribution in [1.82, 2.24) is 25.2 Å². The summed E-state index contributed by atoms with van der Waals surface area (Å²) < 4.78 is 32.5. The summed E-state index contributed by atoms with van der Waals surface area (Å²) in [4.78, 5) is 21.2. The van der Waals surface area contributed by atoms with Crippen LogP contribution in [0.1, 0.15) is 44.2 Å². The van der Waals surface area contributed by atoms with Crippen LogP contribution in [0.3, 0.4) is 0 Å². The van der Waals surface area contributed by atoms with Gasteiger partial charge >= 0.3 is 0 Å². The fourth-order valence-corrected chi connectivity index (χ4v) is 4.41. The van der Waals surface area contributed by atoms with Gasteiger partial charge in [-0.05, 0) is 54.7 Å². The van der Waals surface area contributed by atoms with Gasteiger partial charge in [-0.2, -0.15) is 4.98 Å². The zero-order chi connectivity index (χ0) is 23.4. The Kier molecular flexibility index (Phi) is 6.66. The maximum absolute atomic E-state index is 12.5. The van der Waals surface area contributed by atoms with Crippen molar-refractivity contribution in [2.24, 2.45) is 5.92 Å². The van der Waals surface area contributed by atoms with Gasteiger partial charge in [0.25, 0.3) is 0 Å². The van der Waals surface area contributed by atoms with Gasteiger partial charge in [0.1, 0.15) is 6.04 Å². The molecule has 1 unspecified atom stereocenters. The second-order valence-electron chi connectivity index (χ2n) is 8.23. The van der Waals surface area contributed by atoms with Crippen molar-refractivity contribution in [3.8, 4) is 11.4 Å². The van der Waals surface area contributed by atoms with Gasteiger partial charge in [-0.1, -0.05) is 31.1 Å². The molecule has 4 rings (SSSR count). The Morgan fingerprint density at radius 3 is 2.58 bits per heavy atom. The molecular weight excluding hydrogens is 442 g/mol. The molecule has 3 aromatic rings. The first-order chi connectivity index (χ1) is 15.8. The standard InChI is InChI=1S/C23H25N5O4S/c1-15(2)21(23-26-22(27-32-23)17-4-3-13-24-14-17)25-20(29)12-7-16-5-10-19(11-6-16)33(30,31)28-18-8-9-18/h3-7,10-15,18,21,28H,8-9H2,1-2H3,(H,25,29)/b12-7+. The first-order valence-electron chi connectivity index (χ1n) is 10.7. The van der Waals surface area contributed by atoms with E-state index in [9.17, 15) is 13.2 Å². The Labute approximate surface area is 192 Å². The lowest BCUT2D eigenvalue weighted by Crippen LogP contribution is -2.30. The van der Waals surface area contributed by atoms with Crippen molar-refractivity contribution in [1.29, 1.82) is 0 Å². The molecule has 2 aromatic heterocycles. The van der Waals surface area contributed by atoms with E-state index in [1.54, 1.807) is 36.7 Å². The highest BCUT2D eigenvalue weighted by Gasteiger charge is 2.28. The van der Waals surface area contributed by atoms with E-state index in [1.807, 2.05) is 19.9 Å². The van der Waals surface area contributed by atoms with Gasteiger partial charge in [0.2, 0.25) is 27.6 Å². The van der Waals surface area contributed by atoms with E-state index < -0.39 is 16.1 Å². The van der Waals surface area contributed by atoms with Crippen LogP contribution in [0.5, 0.6) is 0 Å². The molecule has 1 aliphatic rings. The lowest BCUT2D eigenvalue weighted by Gasteiger charge is -2.17. The average Bonchev–Trinajstić information content (AvgIpc) is 3.47. The number of pyridine rings is 1. The number of hydrogen-bond acceptors (Lipinski definition) is 7. The van der Waals surface area contributed by atoms with Crippen molar-refractivity contribution in [3.63, 3.8) is 0 Å². The molecule has 10 heteroatoms. The third-order valence-electron chi connectivity index (χ3n) is 5.11. The van der Waals surface area contributed by atoms with E-state index in [-0.39, 0.29) is 22.8 Å². The fraction of sp³-hybridized carbons (Fsp3) is 0.304. The second kappa shape index (κ2) is 9.63. The maximum Gasteiger partial charge on any atom is 0.249 e. The Hall–Kier alpha value is -3.37. The zero-order valence-corrected chi connectivity index (χ0v) is 19.1. The number of sulfonamides is 1. The molecule has 33 heavy (non-hydrogen) atoms. The first kappa shape index (κ1) is 22.8. The van der Waals surface area contributed by atoms with Crippen LogP contribution in [0, 0.1) is 5.92 Å². The van der Waals surface area contributed by atoms with Crippen LogP contribution >= 0.6 is 0 Å². The molecule has 1 aromatic carbocycles. The number of amides is 1. The molecule has 1 amide bonds. The lowest BCUT2D eigenvalue weighted by molar-refractivity contribution is -0.117. The van der Waals surface area contributed by atoms with Crippen molar-refractivity contribution < 1.29 is 17.7 Å². The predicted molar refractivity (Wildman–Crippen MR) is 122 cm³/mol. The molecule has 9 nitrogen and oxygen atoms in total. The van der Waals surface area contributed by atoms with Crippen molar-refractivity contribution in [2.45, 2.75) is 43.7 Å². The number of benzene rings is 1. The number of aromatic nitrogens is 3. The third kappa shape index (κ3) is 5.91. The topological polar surface area (TPSA) is 127 Å². The van der Waals surface area contributed by atoms with Crippen LogP contribution in [0.25, 0.3) is 17.5 Å². The molecule has 1 saturated carbocycles. The van der Waals surface area contributed by atoms with Gasteiger partial charge in [0.15, 0.2) is 0 Å². The summed E-state index contributed by atoms with van der Waals surface area (Å²) in [5.41, 5.74) is 1.42. The molecule has 0 aliphatic heterocycles. The zero-order valence-electron chi connectivity index (χ0n) is 18.3. The van der Waals surface area contributed by atoms with Crippen LogP contribution in [0.15, 0.2) is 64.3 Å². The molecule has 0 bridgehead atoms. The molecule has 172 valence electrons. The SMILES string of the molecule is CC(C)C(NC(=O)/C=C/c1ccc(S(=O)(=O)NC2CC2)cc1)c1nc(-c2cccnc2)no1. The number of nitrogens with zero attached hydrogens (tertiary/aromatic N) is 3. The van der Waals surface area contributed by atoms with Gasteiger partial charge in [-0.3, -0.25) is 9.78 Å². The van der Waals surface area contributed by atoms with Crippen LogP contribution < -0.4 is 10.0 Å². The van der Waals surface area contributed by atoms with Crippen molar-refractivity contribution in [3.05, 3.63) is 66.3 Å². The van der Waals surface area contributed by atoms with Gasteiger partial charge in [-0.15, -0.1) is 0 Å². The van der Waals surface area contributed by atoms with Gasteiger partial charge < -0.3 is 9.84 Å². The highest BCUT2D eigenvalue weighted by molar-refractivity contribution is 7.89. The monoisotopic (exact) mass is 467 g/mol. The molecule has 0 spiro atoms. The third-order valence-corrected chi connectivity index (χ3v) is 6.65. The number of rotatable bonds is 9. The van der Waals surface area contributed by atoms with Crippen LogP contribution in [-0.2, 0) is 14.8 Å². The van der Waals surface area contributed by atoms with Crippen molar-refractivity contribution in [2.75, 3.05) is 0 Å². The summed E-state index contributed by atoms with van der Waals surface area (Å²) >= 11 is 0. The molecule has 0 radical (unpaired) electrons. The normalized spacial score (nSPS) is 15.1. The Balaban J connectivity index is 1.40. The molecule has 2 heterocycles. The van der Waals surface area contributed by atoms with E-state index in [0.29, 0.717) is 17.3 Å². The number of hydrogen-bond donors (Lipinski definition) is 2. The van der Waals surface area contributed by atoms with E-state index in [4.69, 9.17) is 4.52 Å². The maximum atomic E-state index is 12.5.